The van der Waals surface area contributed by atoms with Crippen LogP contribution >= 0.6 is 0 Å². The van der Waals surface area contributed by atoms with Gasteiger partial charge < -0.3 is 9.84 Å². The molecule has 1 rings (SSSR count). The molecule has 0 aliphatic heterocycles. The molecule has 1 aromatic carbocycles. The maximum absolute atomic E-state index is 10.6. The monoisotopic (exact) mass is 234 g/mol. The molecule has 0 saturated heterocycles. The summed E-state index contributed by atoms with van der Waals surface area (Å²) in [7, 11) is 0. The fourth-order valence-electron chi connectivity index (χ4n) is 1.47. The van der Waals surface area contributed by atoms with Crippen LogP contribution in [0.4, 0.5) is 0 Å². The Labute approximate surface area is 102 Å². The van der Waals surface area contributed by atoms with Crippen molar-refractivity contribution >= 4 is 5.97 Å². The highest BCUT2D eigenvalue weighted by Gasteiger charge is 2.10. The van der Waals surface area contributed by atoms with Crippen LogP contribution in [0.1, 0.15) is 30.9 Å². The van der Waals surface area contributed by atoms with E-state index in [-0.39, 0.29) is 12.2 Å². The highest BCUT2D eigenvalue weighted by Crippen LogP contribution is 2.27. The van der Waals surface area contributed by atoms with Crippen molar-refractivity contribution in [2.75, 3.05) is 6.61 Å². The van der Waals surface area contributed by atoms with Crippen molar-refractivity contribution < 1.29 is 14.6 Å². The summed E-state index contributed by atoms with van der Waals surface area (Å²) in [6.45, 7) is 9.58. The maximum Gasteiger partial charge on any atom is 0.334 e. The van der Waals surface area contributed by atoms with E-state index in [4.69, 9.17) is 9.84 Å². The van der Waals surface area contributed by atoms with Gasteiger partial charge in [-0.1, -0.05) is 32.6 Å². The fourth-order valence-corrected chi connectivity index (χ4v) is 1.47. The maximum atomic E-state index is 10.6. The zero-order valence-electron chi connectivity index (χ0n) is 10.5. The highest BCUT2D eigenvalue weighted by molar-refractivity contribution is 5.86. The van der Waals surface area contributed by atoms with Crippen LogP contribution in [0.25, 0.3) is 0 Å². The average molecular weight is 234 g/mol. The smallest absolute Gasteiger partial charge is 0.334 e. The van der Waals surface area contributed by atoms with Crippen molar-refractivity contribution in [1.29, 1.82) is 0 Å². The quantitative estimate of drug-likeness (QED) is 0.796. The molecule has 0 fully saturated rings. The number of aliphatic carboxylic acids is 1. The van der Waals surface area contributed by atoms with E-state index in [1.54, 1.807) is 0 Å². The van der Waals surface area contributed by atoms with Crippen molar-refractivity contribution in [2.24, 2.45) is 0 Å². The van der Waals surface area contributed by atoms with E-state index in [1.807, 2.05) is 25.1 Å². The molecule has 0 unspecified atom stereocenters. The number of benzene rings is 1. The molecule has 0 aliphatic rings. The Morgan fingerprint density at radius 3 is 2.65 bits per heavy atom. The summed E-state index contributed by atoms with van der Waals surface area (Å²) in [6.07, 6.45) is 0. The van der Waals surface area contributed by atoms with Crippen molar-refractivity contribution in [1.82, 2.24) is 0 Å². The Morgan fingerprint density at radius 2 is 2.12 bits per heavy atom. The number of hydrogen-bond acceptors (Lipinski definition) is 2. The molecule has 1 N–H and O–H groups in total. The van der Waals surface area contributed by atoms with Gasteiger partial charge in [0, 0.05) is 0 Å². The van der Waals surface area contributed by atoms with Gasteiger partial charge in [-0.2, -0.15) is 0 Å². The van der Waals surface area contributed by atoms with Gasteiger partial charge in [-0.15, -0.1) is 0 Å². The van der Waals surface area contributed by atoms with E-state index in [1.165, 1.54) is 0 Å². The fraction of sp³-hybridized carbons (Fsp3) is 0.357. The largest absolute Gasteiger partial charge is 0.488 e. The Hall–Kier alpha value is -1.77. The third-order valence-electron chi connectivity index (χ3n) is 2.50. The van der Waals surface area contributed by atoms with Crippen molar-refractivity contribution in [3.05, 3.63) is 41.5 Å². The van der Waals surface area contributed by atoms with Crippen LogP contribution in [-0.2, 0) is 4.79 Å². The predicted octanol–water partition coefficient (Wildman–Crippen LogP) is 3.14. The second kappa shape index (κ2) is 5.53. The Balaban J connectivity index is 2.85. The molecule has 17 heavy (non-hydrogen) atoms. The average Bonchev–Trinajstić information content (AvgIpc) is 2.25. The molecule has 92 valence electrons. The van der Waals surface area contributed by atoms with E-state index in [2.05, 4.69) is 20.4 Å². The summed E-state index contributed by atoms with van der Waals surface area (Å²) in [6, 6.07) is 5.96. The predicted molar refractivity (Wildman–Crippen MR) is 67.5 cm³/mol. The van der Waals surface area contributed by atoms with Crippen LogP contribution < -0.4 is 4.74 Å². The van der Waals surface area contributed by atoms with Gasteiger partial charge >= 0.3 is 5.97 Å². The lowest BCUT2D eigenvalue weighted by Gasteiger charge is -2.14. The van der Waals surface area contributed by atoms with Crippen molar-refractivity contribution in [3.63, 3.8) is 0 Å². The molecular weight excluding hydrogens is 216 g/mol. The molecule has 3 nitrogen and oxygen atoms in total. The van der Waals surface area contributed by atoms with Crippen LogP contribution in [0, 0.1) is 6.92 Å². The molecule has 0 saturated carbocycles. The lowest BCUT2D eigenvalue weighted by atomic mass is 10.0. The Kier molecular flexibility index (Phi) is 4.32. The summed E-state index contributed by atoms with van der Waals surface area (Å²) >= 11 is 0. The minimum Gasteiger partial charge on any atom is -0.488 e. The second-order valence-corrected chi connectivity index (χ2v) is 4.39. The SMILES string of the molecule is C=C(COc1cc(C)ccc1C(C)C)C(=O)O. The van der Waals surface area contributed by atoms with Crippen LogP contribution in [0.3, 0.4) is 0 Å². The molecule has 3 heteroatoms. The minimum absolute atomic E-state index is 0.0124. The molecular formula is C14H18O3. The summed E-state index contributed by atoms with van der Waals surface area (Å²) in [5.41, 5.74) is 2.22. The first-order valence-electron chi connectivity index (χ1n) is 5.56. The van der Waals surface area contributed by atoms with Gasteiger partial charge in [0.15, 0.2) is 0 Å². The molecule has 1 aromatic rings. The third-order valence-corrected chi connectivity index (χ3v) is 2.50. The Bertz CT molecular complexity index is 433. The van der Waals surface area contributed by atoms with E-state index < -0.39 is 5.97 Å². The third kappa shape index (κ3) is 3.63. The highest BCUT2D eigenvalue weighted by atomic mass is 16.5. The van der Waals surface area contributed by atoms with E-state index in [0.717, 1.165) is 16.9 Å². The summed E-state index contributed by atoms with van der Waals surface area (Å²) in [5, 5.41) is 8.71. The number of ether oxygens (including phenoxy) is 1. The van der Waals surface area contributed by atoms with E-state index in [9.17, 15) is 4.79 Å². The summed E-state index contributed by atoms with van der Waals surface area (Å²) < 4.78 is 5.52. The first-order chi connectivity index (χ1) is 7.91. The van der Waals surface area contributed by atoms with Crippen molar-refractivity contribution in [3.8, 4) is 5.75 Å². The van der Waals surface area contributed by atoms with Crippen LogP contribution in [-0.4, -0.2) is 17.7 Å². The molecule has 0 aliphatic carbocycles. The van der Waals surface area contributed by atoms with Crippen LogP contribution in [0.15, 0.2) is 30.4 Å². The topological polar surface area (TPSA) is 46.5 Å². The zero-order valence-corrected chi connectivity index (χ0v) is 10.5. The van der Waals surface area contributed by atoms with Crippen molar-refractivity contribution in [2.45, 2.75) is 26.7 Å². The standard InChI is InChI=1S/C14H18O3/c1-9(2)12-6-5-10(3)7-13(12)17-8-11(4)14(15)16/h5-7,9H,4,8H2,1-3H3,(H,15,16). The van der Waals surface area contributed by atoms with Gasteiger partial charge in [0.1, 0.15) is 12.4 Å². The number of carbonyl (C=O) groups is 1. The molecule has 0 heterocycles. The molecule has 0 atom stereocenters. The van der Waals surface area contributed by atoms with Gasteiger partial charge in [-0.3, -0.25) is 0 Å². The number of aryl methyl sites for hydroxylation is 1. The lowest BCUT2D eigenvalue weighted by molar-refractivity contribution is -0.133. The minimum atomic E-state index is -1.02. The first kappa shape index (κ1) is 13.3. The second-order valence-electron chi connectivity index (χ2n) is 4.39. The molecule has 0 radical (unpaired) electrons. The number of carboxylic acids is 1. The first-order valence-corrected chi connectivity index (χ1v) is 5.56. The normalized spacial score (nSPS) is 10.4. The molecule has 0 spiro atoms. The lowest BCUT2D eigenvalue weighted by Crippen LogP contribution is -2.10. The van der Waals surface area contributed by atoms with Gasteiger partial charge in [0.2, 0.25) is 0 Å². The summed E-state index contributed by atoms with van der Waals surface area (Å²) in [4.78, 5) is 10.6. The molecule has 0 bridgehead atoms. The van der Waals surface area contributed by atoms with Gasteiger partial charge in [-0.05, 0) is 30.0 Å². The Morgan fingerprint density at radius 1 is 1.47 bits per heavy atom. The van der Waals surface area contributed by atoms with E-state index in [0.29, 0.717) is 5.92 Å². The molecule has 0 aromatic heterocycles. The number of carboxylic acid groups (broad SMARTS) is 1. The van der Waals surface area contributed by atoms with Gasteiger partial charge in [0.25, 0.3) is 0 Å². The zero-order chi connectivity index (χ0) is 13.0. The van der Waals surface area contributed by atoms with Gasteiger partial charge in [-0.25, -0.2) is 4.79 Å². The van der Waals surface area contributed by atoms with Crippen LogP contribution in [0.5, 0.6) is 5.75 Å². The van der Waals surface area contributed by atoms with Gasteiger partial charge in [0.05, 0.1) is 5.57 Å². The number of rotatable bonds is 5. The number of hydrogen-bond donors (Lipinski definition) is 1. The van der Waals surface area contributed by atoms with Crippen LogP contribution in [0.2, 0.25) is 0 Å². The summed E-state index contributed by atoms with van der Waals surface area (Å²) in [5.74, 6) is 0.0508. The molecule has 0 amide bonds. The van der Waals surface area contributed by atoms with E-state index >= 15 is 0 Å².